The quantitative estimate of drug-likeness (QED) is 0.783. The summed E-state index contributed by atoms with van der Waals surface area (Å²) < 4.78 is 0. The van der Waals surface area contributed by atoms with Crippen molar-refractivity contribution in [1.82, 2.24) is 4.98 Å². The van der Waals surface area contributed by atoms with Crippen LogP contribution in [0.15, 0.2) is 18.2 Å². The molecule has 0 aliphatic heterocycles. The summed E-state index contributed by atoms with van der Waals surface area (Å²) in [5, 5.41) is 4.72. The third-order valence-corrected chi connectivity index (χ3v) is 2.73. The van der Waals surface area contributed by atoms with Crippen LogP contribution in [0, 0.1) is 6.92 Å². The Kier molecular flexibility index (Phi) is 2.67. The Bertz CT molecular complexity index is 469. The zero-order chi connectivity index (χ0) is 10.8. The number of aryl methyl sites for hydroxylation is 2. The predicted octanol–water partition coefficient (Wildman–Crippen LogP) is 3.47. The Labute approximate surface area is 90.7 Å². The van der Waals surface area contributed by atoms with Gasteiger partial charge in [-0.1, -0.05) is 6.92 Å². The van der Waals surface area contributed by atoms with Crippen LogP contribution in [0.2, 0.25) is 0 Å². The lowest BCUT2D eigenvalue weighted by Crippen LogP contribution is -2.00. The topological polar surface area (TPSA) is 27.8 Å². The van der Waals surface area contributed by atoms with Gasteiger partial charge in [-0.3, -0.25) is 0 Å². The molecule has 0 unspecified atom stereocenters. The van der Waals surface area contributed by atoms with Crippen molar-refractivity contribution in [3.63, 3.8) is 0 Å². The van der Waals surface area contributed by atoms with E-state index in [0.29, 0.717) is 0 Å². The van der Waals surface area contributed by atoms with Crippen molar-refractivity contribution in [3.8, 4) is 0 Å². The first-order chi connectivity index (χ1) is 7.24. The molecule has 2 nitrogen and oxygen atoms in total. The highest BCUT2D eigenvalue weighted by Gasteiger charge is 2.04. The number of fused-ring (bicyclic) bond motifs is 1. The van der Waals surface area contributed by atoms with E-state index in [1.54, 1.807) is 0 Å². The zero-order valence-corrected chi connectivity index (χ0v) is 9.65. The lowest BCUT2D eigenvalue weighted by molar-refractivity contribution is 1.12. The average molecular weight is 202 g/mol. The molecule has 0 atom stereocenters. The van der Waals surface area contributed by atoms with Crippen LogP contribution in [0.25, 0.3) is 10.9 Å². The molecule has 80 valence electrons. The molecule has 0 saturated heterocycles. The van der Waals surface area contributed by atoms with Gasteiger partial charge in [0.05, 0.1) is 0 Å². The highest BCUT2D eigenvalue weighted by Crippen LogP contribution is 2.24. The molecular formula is C13H18N2. The second-order valence-electron chi connectivity index (χ2n) is 3.93. The van der Waals surface area contributed by atoms with Gasteiger partial charge in [0.1, 0.15) is 0 Å². The summed E-state index contributed by atoms with van der Waals surface area (Å²) >= 11 is 0. The summed E-state index contributed by atoms with van der Waals surface area (Å²) in [5.41, 5.74) is 5.10. The Morgan fingerprint density at radius 1 is 1.20 bits per heavy atom. The fraction of sp³-hybridized carbons (Fsp3) is 0.385. The molecular weight excluding hydrogens is 184 g/mol. The third kappa shape index (κ3) is 1.84. The molecule has 0 bridgehead atoms. The molecule has 0 fully saturated rings. The van der Waals surface area contributed by atoms with Crippen LogP contribution < -0.4 is 5.32 Å². The molecule has 0 spiro atoms. The van der Waals surface area contributed by atoms with Crippen LogP contribution in [0.1, 0.15) is 25.1 Å². The van der Waals surface area contributed by atoms with Crippen molar-refractivity contribution in [2.75, 3.05) is 11.9 Å². The van der Waals surface area contributed by atoms with Gasteiger partial charge in [-0.2, -0.15) is 0 Å². The van der Waals surface area contributed by atoms with E-state index in [9.17, 15) is 0 Å². The Hall–Kier alpha value is -1.44. The van der Waals surface area contributed by atoms with Gasteiger partial charge in [0.2, 0.25) is 0 Å². The number of hydrogen-bond acceptors (Lipinski definition) is 1. The summed E-state index contributed by atoms with van der Waals surface area (Å²) in [6.45, 7) is 7.39. The maximum atomic E-state index is 3.41. The third-order valence-electron chi connectivity index (χ3n) is 2.73. The minimum atomic E-state index is 0.970. The minimum Gasteiger partial charge on any atom is -0.385 e. The van der Waals surface area contributed by atoms with E-state index in [0.717, 1.165) is 13.0 Å². The van der Waals surface area contributed by atoms with Gasteiger partial charge in [0.15, 0.2) is 0 Å². The number of rotatable bonds is 3. The normalized spacial score (nSPS) is 10.9. The molecule has 0 aliphatic carbocycles. The number of nitrogens with one attached hydrogen (secondary N) is 2. The number of benzene rings is 1. The van der Waals surface area contributed by atoms with Gasteiger partial charge in [0.25, 0.3) is 0 Å². The standard InChI is InChI=1S/C13H18N2/c1-4-10-7-11-6-9(3)15-13(11)8-12(10)14-5-2/h6-8,14-15H,4-5H2,1-3H3. The van der Waals surface area contributed by atoms with Gasteiger partial charge < -0.3 is 10.3 Å². The number of H-pyrrole nitrogens is 1. The molecule has 0 amide bonds. The predicted molar refractivity (Wildman–Crippen MR) is 66.6 cm³/mol. The molecule has 0 aliphatic rings. The fourth-order valence-corrected chi connectivity index (χ4v) is 2.02. The van der Waals surface area contributed by atoms with Crippen molar-refractivity contribution < 1.29 is 0 Å². The first-order valence-corrected chi connectivity index (χ1v) is 5.60. The summed E-state index contributed by atoms with van der Waals surface area (Å²) in [4.78, 5) is 3.37. The lowest BCUT2D eigenvalue weighted by atomic mass is 10.1. The SMILES string of the molecule is CCNc1cc2[nH]c(C)cc2cc1CC. The molecule has 2 rings (SSSR count). The molecule has 1 aromatic heterocycles. The van der Waals surface area contributed by atoms with Crippen LogP contribution in [0.5, 0.6) is 0 Å². The lowest BCUT2D eigenvalue weighted by Gasteiger charge is -2.09. The number of hydrogen-bond donors (Lipinski definition) is 2. The number of aromatic nitrogens is 1. The van der Waals surface area contributed by atoms with Crippen LogP contribution in [-0.4, -0.2) is 11.5 Å². The maximum Gasteiger partial charge on any atom is 0.0476 e. The molecule has 0 saturated carbocycles. The molecule has 2 N–H and O–H groups in total. The Morgan fingerprint density at radius 3 is 2.67 bits per heavy atom. The van der Waals surface area contributed by atoms with E-state index < -0.39 is 0 Å². The molecule has 0 radical (unpaired) electrons. The fourth-order valence-electron chi connectivity index (χ4n) is 2.02. The summed E-state index contributed by atoms with van der Waals surface area (Å²) in [7, 11) is 0. The monoisotopic (exact) mass is 202 g/mol. The molecule has 2 aromatic rings. The summed E-state index contributed by atoms with van der Waals surface area (Å²) in [6.07, 6.45) is 1.07. The first-order valence-electron chi connectivity index (χ1n) is 5.60. The van der Waals surface area contributed by atoms with Gasteiger partial charge >= 0.3 is 0 Å². The smallest absolute Gasteiger partial charge is 0.0476 e. The Balaban J connectivity index is 2.57. The van der Waals surface area contributed by atoms with Crippen molar-refractivity contribution in [2.45, 2.75) is 27.2 Å². The van der Waals surface area contributed by atoms with Crippen LogP contribution in [-0.2, 0) is 6.42 Å². The zero-order valence-electron chi connectivity index (χ0n) is 9.65. The average Bonchev–Trinajstić information content (AvgIpc) is 2.56. The highest BCUT2D eigenvalue weighted by atomic mass is 14.9. The van der Waals surface area contributed by atoms with E-state index in [2.05, 4.69) is 49.3 Å². The summed E-state index contributed by atoms with van der Waals surface area (Å²) in [6, 6.07) is 6.69. The van der Waals surface area contributed by atoms with E-state index >= 15 is 0 Å². The molecule has 2 heteroatoms. The molecule has 1 aromatic carbocycles. The van der Waals surface area contributed by atoms with E-state index in [-0.39, 0.29) is 0 Å². The van der Waals surface area contributed by atoms with Gasteiger partial charge in [0, 0.05) is 28.8 Å². The van der Waals surface area contributed by atoms with Gasteiger partial charge in [-0.25, -0.2) is 0 Å². The van der Waals surface area contributed by atoms with E-state index in [1.807, 2.05) is 0 Å². The minimum absolute atomic E-state index is 0.970. The summed E-state index contributed by atoms with van der Waals surface area (Å²) in [5.74, 6) is 0. The van der Waals surface area contributed by atoms with Crippen molar-refractivity contribution in [1.29, 1.82) is 0 Å². The second kappa shape index (κ2) is 3.97. The van der Waals surface area contributed by atoms with Gasteiger partial charge in [-0.05, 0) is 44.0 Å². The van der Waals surface area contributed by atoms with Crippen LogP contribution >= 0.6 is 0 Å². The molecule has 1 heterocycles. The van der Waals surface area contributed by atoms with E-state index in [1.165, 1.54) is 27.8 Å². The number of aromatic amines is 1. The molecule has 15 heavy (non-hydrogen) atoms. The highest BCUT2D eigenvalue weighted by molar-refractivity contribution is 5.85. The van der Waals surface area contributed by atoms with Crippen molar-refractivity contribution in [2.24, 2.45) is 0 Å². The van der Waals surface area contributed by atoms with Crippen molar-refractivity contribution in [3.05, 3.63) is 29.5 Å². The van der Waals surface area contributed by atoms with E-state index in [4.69, 9.17) is 0 Å². The first kappa shape index (κ1) is 10.1. The maximum absolute atomic E-state index is 3.41. The second-order valence-corrected chi connectivity index (χ2v) is 3.93. The van der Waals surface area contributed by atoms with Crippen LogP contribution in [0.4, 0.5) is 5.69 Å². The van der Waals surface area contributed by atoms with Crippen LogP contribution in [0.3, 0.4) is 0 Å². The van der Waals surface area contributed by atoms with Gasteiger partial charge in [-0.15, -0.1) is 0 Å². The number of anilines is 1. The largest absolute Gasteiger partial charge is 0.385 e. The van der Waals surface area contributed by atoms with Crippen molar-refractivity contribution >= 4 is 16.6 Å². The Morgan fingerprint density at radius 2 is 2.00 bits per heavy atom.